The molecule has 0 spiro atoms. The third-order valence-corrected chi connectivity index (χ3v) is 3.89. The maximum Gasteiger partial charge on any atom is 0.249 e. The highest BCUT2D eigenvalue weighted by Gasteiger charge is 2.35. The number of methoxy groups -OCH3 is 1. The Morgan fingerprint density at radius 1 is 1.33 bits per heavy atom. The van der Waals surface area contributed by atoms with E-state index in [1.54, 1.807) is 16.7 Å². The SMILES string of the molecule is COCC(=O)N1CCN(c2ccc(C)cc2C)C(=O)[C@@H]1C. The molecule has 1 heterocycles. The number of amides is 2. The fraction of sp³-hybridized carbons (Fsp3) is 0.500. The molecular formula is C16H22N2O3. The number of hydrogen-bond acceptors (Lipinski definition) is 3. The van der Waals surface area contributed by atoms with Crippen LogP contribution in [0.3, 0.4) is 0 Å². The molecule has 0 bridgehead atoms. The predicted octanol–water partition coefficient (Wildman–Crippen LogP) is 1.51. The van der Waals surface area contributed by atoms with Crippen molar-refractivity contribution in [2.24, 2.45) is 0 Å². The summed E-state index contributed by atoms with van der Waals surface area (Å²) in [7, 11) is 1.48. The van der Waals surface area contributed by atoms with Gasteiger partial charge in [-0.3, -0.25) is 9.59 Å². The van der Waals surface area contributed by atoms with Crippen LogP contribution in [0.15, 0.2) is 18.2 Å². The summed E-state index contributed by atoms with van der Waals surface area (Å²) in [5.74, 6) is -0.184. The van der Waals surface area contributed by atoms with Crippen LogP contribution in [-0.2, 0) is 14.3 Å². The summed E-state index contributed by atoms with van der Waals surface area (Å²) >= 11 is 0. The molecule has 5 heteroatoms. The topological polar surface area (TPSA) is 49.9 Å². The van der Waals surface area contributed by atoms with Crippen LogP contribution in [-0.4, -0.2) is 49.6 Å². The van der Waals surface area contributed by atoms with Crippen molar-refractivity contribution >= 4 is 17.5 Å². The van der Waals surface area contributed by atoms with E-state index in [-0.39, 0.29) is 18.4 Å². The quantitative estimate of drug-likeness (QED) is 0.848. The Labute approximate surface area is 125 Å². The number of piperazine rings is 1. The van der Waals surface area contributed by atoms with E-state index in [0.29, 0.717) is 13.1 Å². The van der Waals surface area contributed by atoms with Crippen LogP contribution in [0.25, 0.3) is 0 Å². The fourth-order valence-electron chi connectivity index (χ4n) is 2.76. The van der Waals surface area contributed by atoms with Gasteiger partial charge in [-0.1, -0.05) is 17.7 Å². The van der Waals surface area contributed by atoms with Crippen molar-refractivity contribution in [1.29, 1.82) is 0 Å². The predicted molar refractivity (Wildman–Crippen MR) is 81.3 cm³/mol. The van der Waals surface area contributed by atoms with Crippen molar-refractivity contribution in [1.82, 2.24) is 4.90 Å². The lowest BCUT2D eigenvalue weighted by atomic mass is 10.1. The highest BCUT2D eigenvalue weighted by Crippen LogP contribution is 2.25. The highest BCUT2D eigenvalue weighted by molar-refractivity contribution is 6.00. The van der Waals surface area contributed by atoms with Gasteiger partial charge in [-0.2, -0.15) is 0 Å². The molecule has 1 aliphatic rings. The zero-order valence-electron chi connectivity index (χ0n) is 13.0. The molecule has 0 aromatic heterocycles. The van der Waals surface area contributed by atoms with Crippen molar-refractivity contribution in [3.8, 4) is 0 Å². The highest BCUT2D eigenvalue weighted by atomic mass is 16.5. The van der Waals surface area contributed by atoms with Crippen LogP contribution in [0.5, 0.6) is 0 Å². The van der Waals surface area contributed by atoms with E-state index in [4.69, 9.17) is 4.74 Å². The second-order valence-electron chi connectivity index (χ2n) is 5.48. The van der Waals surface area contributed by atoms with Crippen LogP contribution in [0, 0.1) is 13.8 Å². The lowest BCUT2D eigenvalue weighted by Gasteiger charge is -2.39. The Hall–Kier alpha value is -1.88. The number of carbonyl (C=O) groups is 2. The smallest absolute Gasteiger partial charge is 0.249 e. The zero-order valence-corrected chi connectivity index (χ0v) is 13.0. The van der Waals surface area contributed by atoms with Crippen LogP contribution in [0.2, 0.25) is 0 Å². The molecule has 1 fully saturated rings. The number of nitrogens with zero attached hydrogens (tertiary/aromatic N) is 2. The van der Waals surface area contributed by atoms with Gasteiger partial charge in [0.25, 0.3) is 0 Å². The lowest BCUT2D eigenvalue weighted by molar-refractivity contribution is -0.143. The van der Waals surface area contributed by atoms with Crippen molar-refractivity contribution in [2.45, 2.75) is 26.8 Å². The Bertz CT molecular complexity index is 556. The molecule has 1 aromatic rings. The summed E-state index contributed by atoms with van der Waals surface area (Å²) in [6.45, 7) is 6.86. The van der Waals surface area contributed by atoms with E-state index in [9.17, 15) is 9.59 Å². The van der Waals surface area contributed by atoms with Gasteiger partial charge in [0, 0.05) is 25.9 Å². The molecule has 2 rings (SSSR count). The lowest BCUT2D eigenvalue weighted by Crippen LogP contribution is -2.58. The summed E-state index contributed by atoms with van der Waals surface area (Å²) in [6.07, 6.45) is 0. The number of rotatable bonds is 3. The first-order valence-electron chi connectivity index (χ1n) is 7.12. The first-order chi connectivity index (χ1) is 9.95. The molecule has 0 radical (unpaired) electrons. The van der Waals surface area contributed by atoms with E-state index >= 15 is 0 Å². The molecule has 2 amide bonds. The van der Waals surface area contributed by atoms with E-state index in [0.717, 1.165) is 11.3 Å². The first-order valence-corrected chi connectivity index (χ1v) is 7.12. The van der Waals surface area contributed by atoms with E-state index in [2.05, 4.69) is 6.07 Å². The van der Waals surface area contributed by atoms with Crippen LogP contribution in [0.1, 0.15) is 18.1 Å². The van der Waals surface area contributed by atoms with Crippen molar-refractivity contribution < 1.29 is 14.3 Å². The Morgan fingerprint density at radius 2 is 2.05 bits per heavy atom. The zero-order chi connectivity index (χ0) is 15.6. The van der Waals surface area contributed by atoms with Gasteiger partial charge in [-0.05, 0) is 32.4 Å². The number of anilines is 1. The number of carbonyl (C=O) groups excluding carboxylic acids is 2. The average Bonchev–Trinajstić information content (AvgIpc) is 2.43. The monoisotopic (exact) mass is 290 g/mol. The molecule has 0 N–H and O–H groups in total. The van der Waals surface area contributed by atoms with Crippen molar-refractivity contribution in [3.05, 3.63) is 29.3 Å². The second kappa shape index (κ2) is 6.26. The summed E-state index contributed by atoms with van der Waals surface area (Å²) < 4.78 is 4.87. The summed E-state index contributed by atoms with van der Waals surface area (Å²) in [5.41, 5.74) is 3.18. The minimum atomic E-state index is -0.456. The van der Waals surface area contributed by atoms with Gasteiger partial charge < -0.3 is 14.5 Å². The first kappa shape index (κ1) is 15.5. The molecule has 21 heavy (non-hydrogen) atoms. The van der Waals surface area contributed by atoms with Gasteiger partial charge in [-0.15, -0.1) is 0 Å². The standard InChI is InChI=1S/C16H22N2O3/c1-11-5-6-14(12(2)9-11)18-8-7-17(13(3)16(18)20)15(19)10-21-4/h5-6,9,13H,7-8,10H2,1-4H3/t13-/m0/s1. The third kappa shape index (κ3) is 3.08. The molecular weight excluding hydrogens is 268 g/mol. The molecule has 1 saturated heterocycles. The van der Waals surface area contributed by atoms with Gasteiger partial charge in [0.2, 0.25) is 11.8 Å². The molecule has 0 aliphatic carbocycles. The van der Waals surface area contributed by atoms with Crippen molar-refractivity contribution in [2.75, 3.05) is 31.7 Å². The van der Waals surface area contributed by atoms with Crippen LogP contribution >= 0.6 is 0 Å². The normalized spacial score (nSPS) is 19.0. The van der Waals surface area contributed by atoms with Crippen molar-refractivity contribution in [3.63, 3.8) is 0 Å². The summed E-state index contributed by atoms with van der Waals surface area (Å²) in [5, 5.41) is 0. The van der Waals surface area contributed by atoms with Gasteiger partial charge in [0.05, 0.1) is 0 Å². The molecule has 1 atom stereocenters. The molecule has 1 aliphatic heterocycles. The molecule has 0 saturated carbocycles. The van der Waals surface area contributed by atoms with Gasteiger partial charge in [0.15, 0.2) is 0 Å². The summed E-state index contributed by atoms with van der Waals surface area (Å²) in [4.78, 5) is 27.9. The third-order valence-electron chi connectivity index (χ3n) is 3.89. The molecule has 114 valence electrons. The molecule has 5 nitrogen and oxygen atoms in total. The van der Waals surface area contributed by atoms with E-state index in [1.165, 1.54) is 12.7 Å². The largest absolute Gasteiger partial charge is 0.375 e. The Kier molecular flexibility index (Phi) is 4.63. The van der Waals surface area contributed by atoms with Crippen LogP contribution < -0.4 is 4.90 Å². The summed E-state index contributed by atoms with van der Waals surface area (Å²) in [6, 6.07) is 5.59. The molecule has 0 unspecified atom stereocenters. The van der Waals surface area contributed by atoms with Crippen LogP contribution in [0.4, 0.5) is 5.69 Å². The fourth-order valence-corrected chi connectivity index (χ4v) is 2.76. The number of ether oxygens (including phenoxy) is 1. The van der Waals surface area contributed by atoms with E-state index < -0.39 is 6.04 Å². The van der Waals surface area contributed by atoms with Gasteiger partial charge in [0.1, 0.15) is 12.6 Å². The maximum atomic E-state index is 12.6. The Balaban J connectivity index is 2.19. The average molecular weight is 290 g/mol. The maximum absolute atomic E-state index is 12.6. The number of hydrogen-bond donors (Lipinski definition) is 0. The number of aryl methyl sites for hydroxylation is 2. The van der Waals surface area contributed by atoms with Gasteiger partial charge >= 0.3 is 0 Å². The number of benzene rings is 1. The van der Waals surface area contributed by atoms with Gasteiger partial charge in [-0.25, -0.2) is 0 Å². The Morgan fingerprint density at radius 3 is 2.67 bits per heavy atom. The second-order valence-corrected chi connectivity index (χ2v) is 5.48. The van der Waals surface area contributed by atoms with E-state index in [1.807, 2.05) is 26.0 Å². The minimum absolute atomic E-state index is 0.0151. The minimum Gasteiger partial charge on any atom is -0.375 e. The molecule has 1 aromatic carbocycles.